The molecule has 0 bridgehead atoms. The first-order valence-corrected chi connectivity index (χ1v) is 6.60. The number of nitrogens with zero attached hydrogens (tertiary/aromatic N) is 3. The molecule has 2 heterocycles. The fourth-order valence-corrected chi connectivity index (χ4v) is 2.30. The lowest BCUT2D eigenvalue weighted by atomic mass is 9.97. The summed E-state index contributed by atoms with van der Waals surface area (Å²) in [5, 5.41) is 11.3. The maximum atomic E-state index is 7.31. The molecule has 104 valence electrons. The first-order valence-electron chi connectivity index (χ1n) is 6.60. The van der Waals surface area contributed by atoms with Gasteiger partial charge in [-0.05, 0) is 6.92 Å². The molecule has 3 rings (SSSR count). The van der Waals surface area contributed by atoms with E-state index in [1.807, 2.05) is 36.1 Å². The predicted octanol–water partition coefficient (Wildman–Crippen LogP) is 1.41. The highest BCUT2D eigenvalue weighted by molar-refractivity contribution is 5.75. The lowest BCUT2D eigenvalue weighted by Gasteiger charge is -2.38. The molecule has 6 nitrogen and oxygen atoms in total. The van der Waals surface area contributed by atoms with E-state index in [0.29, 0.717) is 17.6 Å². The van der Waals surface area contributed by atoms with Gasteiger partial charge in [0.25, 0.3) is 0 Å². The molecule has 1 fully saturated rings. The summed E-state index contributed by atoms with van der Waals surface area (Å²) in [6, 6.07) is 8.04. The van der Waals surface area contributed by atoms with E-state index in [-0.39, 0.29) is 5.96 Å². The quantitative estimate of drug-likeness (QED) is 0.650. The molecule has 0 spiro atoms. The van der Waals surface area contributed by atoms with Crippen LogP contribution in [0.5, 0.6) is 0 Å². The topological polar surface area (TPSA) is 92.0 Å². The van der Waals surface area contributed by atoms with Gasteiger partial charge < -0.3 is 15.2 Å². The highest BCUT2D eigenvalue weighted by Gasteiger charge is 2.29. The van der Waals surface area contributed by atoms with Crippen molar-refractivity contribution >= 4 is 5.96 Å². The van der Waals surface area contributed by atoms with E-state index in [1.54, 1.807) is 0 Å². The number of benzene rings is 1. The van der Waals surface area contributed by atoms with E-state index in [0.717, 1.165) is 25.1 Å². The van der Waals surface area contributed by atoms with E-state index >= 15 is 0 Å². The van der Waals surface area contributed by atoms with Gasteiger partial charge in [-0.3, -0.25) is 5.41 Å². The van der Waals surface area contributed by atoms with Gasteiger partial charge in [-0.25, -0.2) is 0 Å². The van der Waals surface area contributed by atoms with Crippen molar-refractivity contribution in [3.05, 3.63) is 35.7 Å². The number of aromatic nitrogens is 2. The van der Waals surface area contributed by atoms with Gasteiger partial charge in [0.1, 0.15) is 0 Å². The van der Waals surface area contributed by atoms with Crippen LogP contribution in [0.2, 0.25) is 0 Å². The zero-order chi connectivity index (χ0) is 14.1. The van der Waals surface area contributed by atoms with Crippen molar-refractivity contribution in [1.82, 2.24) is 15.0 Å². The normalized spacial score (nSPS) is 15.2. The largest absolute Gasteiger partial charge is 0.370 e. The van der Waals surface area contributed by atoms with Gasteiger partial charge in [0.05, 0.1) is 0 Å². The average Bonchev–Trinajstić information content (AvgIpc) is 2.82. The Morgan fingerprint density at radius 1 is 1.40 bits per heavy atom. The molecule has 0 radical (unpaired) electrons. The number of guanidine groups is 1. The SMILES string of the molecule is Cc1ccc(-c2noc(CC3CN(C(=N)N)C3)n2)cc1. The van der Waals surface area contributed by atoms with Gasteiger partial charge in [0.2, 0.25) is 11.7 Å². The van der Waals surface area contributed by atoms with Crippen molar-refractivity contribution in [2.24, 2.45) is 11.7 Å². The summed E-state index contributed by atoms with van der Waals surface area (Å²) in [5.74, 6) is 1.84. The standard InChI is InChI=1S/C14H17N5O/c1-9-2-4-11(5-3-9)13-17-12(20-18-13)6-10-7-19(8-10)14(15)16/h2-5,10H,6-8H2,1H3,(H3,15,16). The average molecular weight is 271 g/mol. The molecule has 0 atom stereocenters. The molecule has 1 aliphatic heterocycles. The number of hydrogen-bond acceptors (Lipinski definition) is 4. The van der Waals surface area contributed by atoms with Gasteiger partial charge in [0, 0.05) is 31.0 Å². The van der Waals surface area contributed by atoms with Crippen LogP contribution in [0.25, 0.3) is 11.4 Å². The molecule has 2 aromatic rings. The van der Waals surface area contributed by atoms with Gasteiger partial charge in [-0.2, -0.15) is 4.98 Å². The van der Waals surface area contributed by atoms with Crippen LogP contribution in [0.4, 0.5) is 0 Å². The predicted molar refractivity (Wildman–Crippen MR) is 75.2 cm³/mol. The number of nitrogens with two attached hydrogens (primary N) is 1. The smallest absolute Gasteiger partial charge is 0.227 e. The van der Waals surface area contributed by atoms with E-state index in [4.69, 9.17) is 15.7 Å². The van der Waals surface area contributed by atoms with Crippen LogP contribution in [0.3, 0.4) is 0 Å². The first kappa shape index (κ1) is 12.7. The minimum atomic E-state index is 0.132. The number of aryl methyl sites for hydroxylation is 1. The second-order valence-corrected chi connectivity index (χ2v) is 5.24. The van der Waals surface area contributed by atoms with Crippen molar-refractivity contribution in [3.63, 3.8) is 0 Å². The molecule has 20 heavy (non-hydrogen) atoms. The number of rotatable bonds is 3. The highest BCUT2D eigenvalue weighted by Crippen LogP contribution is 2.21. The third-order valence-corrected chi connectivity index (χ3v) is 3.54. The Hall–Kier alpha value is -2.37. The minimum absolute atomic E-state index is 0.132. The Morgan fingerprint density at radius 2 is 2.10 bits per heavy atom. The van der Waals surface area contributed by atoms with E-state index in [1.165, 1.54) is 5.56 Å². The Morgan fingerprint density at radius 3 is 2.75 bits per heavy atom. The van der Waals surface area contributed by atoms with E-state index in [2.05, 4.69) is 10.1 Å². The zero-order valence-corrected chi connectivity index (χ0v) is 11.3. The summed E-state index contributed by atoms with van der Waals surface area (Å²) in [4.78, 5) is 6.24. The molecule has 0 amide bonds. The molecular weight excluding hydrogens is 254 g/mol. The summed E-state index contributed by atoms with van der Waals surface area (Å²) in [7, 11) is 0. The van der Waals surface area contributed by atoms with Gasteiger partial charge >= 0.3 is 0 Å². The number of hydrogen-bond donors (Lipinski definition) is 2. The van der Waals surface area contributed by atoms with Crippen LogP contribution < -0.4 is 5.73 Å². The summed E-state index contributed by atoms with van der Waals surface area (Å²) in [6.45, 7) is 3.62. The molecule has 3 N–H and O–H groups in total. The molecular formula is C14H17N5O. The molecule has 0 aliphatic carbocycles. The lowest BCUT2D eigenvalue weighted by molar-refractivity contribution is 0.171. The summed E-state index contributed by atoms with van der Waals surface area (Å²) in [5.41, 5.74) is 7.57. The van der Waals surface area contributed by atoms with Crippen molar-refractivity contribution < 1.29 is 4.52 Å². The Bertz CT molecular complexity index is 613. The molecule has 0 saturated carbocycles. The second kappa shape index (κ2) is 4.96. The number of likely N-dealkylation sites (tertiary alicyclic amines) is 1. The van der Waals surface area contributed by atoms with E-state index < -0.39 is 0 Å². The third kappa shape index (κ3) is 2.49. The minimum Gasteiger partial charge on any atom is -0.370 e. The van der Waals surface area contributed by atoms with Crippen LogP contribution in [0, 0.1) is 18.3 Å². The maximum absolute atomic E-state index is 7.31. The fourth-order valence-electron chi connectivity index (χ4n) is 2.30. The fraction of sp³-hybridized carbons (Fsp3) is 0.357. The van der Waals surface area contributed by atoms with Crippen LogP contribution in [-0.4, -0.2) is 34.1 Å². The Balaban J connectivity index is 1.63. The third-order valence-electron chi connectivity index (χ3n) is 3.54. The lowest BCUT2D eigenvalue weighted by Crippen LogP contribution is -2.53. The van der Waals surface area contributed by atoms with Gasteiger partial charge in [0.15, 0.2) is 5.96 Å². The van der Waals surface area contributed by atoms with E-state index in [9.17, 15) is 0 Å². The summed E-state index contributed by atoms with van der Waals surface area (Å²) < 4.78 is 5.29. The van der Waals surface area contributed by atoms with Gasteiger partial charge in [-0.1, -0.05) is 35.0 Å². The molecule has 0 unspecified atom stereocenters. The van der Waals surface area contributed by atoms with Crippen molar-refractivity contribution in [3.8, 4) is 11.4 Å². The molecule has 1 aromatic heterocycles. The molecule has 1 saturated heterocycles. The van der Waals surface area contributed by atoms with Crippen molar-refractivity contribution in [2.45, 2.75) is 13.3 Å². The van der Waals surface area contributed by atoms with Crippen LogP contribution in [-0.2, 0) is 6.42 Å². The van der Waals surface area contributed by atoms with Crippen molar-refractivity contribution in [2.75, 3.05) is 13.1 Å². The zero-order valence-electron chi connectivity index (χ0n) is 11.3. The second-order valence-electron chi connectivity index (χ2n) is 5.24. The Labute approximate surface area is 117 Å². The monoisotopic (exact) mass is 271 g/mol. The van der Waals surface area contributed by atoms with Crippen LogP contribution >= 0.6 is 0 Å². The molecule has 6 heteroatoms. The van der Waals surface area contributed by atoms with Crippen LogP contribution in [0.1, 0.15) is 11.5 Å². The maximum Gasteiger partial charge on any atom is 0.227 e. The van der Waals surface area contributed by atoms with Crippen molar-refractivity contribution in [1.29, 1.82) is 5.41 Å². The molecule has 1 aromatic carbocycles. The summed E-state index contributed by atoms with van der Waals surface area (Å²) in [6.07, 6.45) is 0.739. The summed E-state index contributed by atoms with van der Waals surface area (Å²) >= 11 is 0. The Kier molecular flexibility index (Phi) is 3.14. The van der Waals surface area contributed by atoms with Crippen LogP contribution in [0.15, 0.2) is 28.8 Å². The first-order chi connectivity index (χ1) is 9.61. The molecule has 1 aliphatic rings. The number of nitrogens with one attached hydrogen (secondary N) is 1. The van der Waals surface area contributed by atoms with Gasteiger partial charge in [-0.15, -0.1) is 0 Å². The highest BCUT2D eigenvalue weighted by atomic mass is 16.5.